The Morgan fingerprint density at radius 3 is 2.28 bits per heavy atom. The number of ether oxygens (including phenoxy) is 1. The van der Waals surface area contributed by atoms with Crippen molar-refractivity contribution in [2.24, 2.45) is 5.92 Å². The number of nitrogens with zero attached hydrogens (tertiary/aromatic N) is 3. The van der Waals surface area contributed by atoms with Gasteiger partial charge in [0.25, 0.3) is 0 Å². The Bertz CT molecular complexity index is 1300. The fraction of sp³-hybridized carbons (Fsp3) is 0.467. The van der Waals surface area contributed by atoms with Gasteiger partial charge in [-0.05, 0) is 88.8 Å². The fourth-order valence-corrected chi connectivity index (χ4v) is 4.98. The fourth-order valence-electron chi connectivity index (χ4n) is 4.98. The summed E-state index contributed by atoms with van der Waals surface area (Å²) in [7, 11) is -0.935. The van der Waals surface area contributed by atoms with Gasteiger partial charge in [-0.2, -0.15) is 0 Å². The predicted octanol–water partition coefficient (Wildman–Crippen LogP) is 5.58. The Morgan fingerprint density at radius 2 is 1.64 bits per heavy atom. The molecule has 0 amide bonds. The number of hydrogen-bond donors (Lipinski definition) is 0. The van der Waals surface area contributed by atoms with E-state index in [0.29, 0.717) is 29.4 Å². The third-order valence-corrected chi connectivity index (χ3v) is 8.22. The molecule has 0 unspecified atom stereocenters. The zero-order valence-corrected chi connectivity index (χ0v) is 23.3. The number of aryl methyl sites for hydroxylation is 1. The minimum Gasteiger partial charge on any atom is -0.494 e. The van der Waals surface area contributed by atoms with Crippen molar-refractivity contribution < 1.29 is 22.8 Å². The first-order valence-electron chi connectivity index (χ1n) is 13.7. The van der Waals surface area contributed by atoms with Crippen molar-refractivity contribution in [1.29, 1.82) is 0 Å². The molecule has 0 radical (unpaired) electrons. The van der Waals surface area contributed by atoms with Crippen molar-refractivity contribution in [1.82, 2.24) is 9.97 Å². The number of halogens is 2. The molecule has 0 bridgehead atoms. The number of benzene rings is 2. The molecule has 9 heteroatoms. The van der Waals surface area contributed by atoms with E-state index < -0.39 is 24.1 Å². The molecule has 0 atom stereocenters. The molecule has 1 aromatic heterocycles. The maximum absolute atomic E-state index is 16.2. The first kappa shape index (κ1) is 27.5. The summed E-state index contributed by atoms with van der Waals surface area (Å²) in [6.45, 7) is 11.9. The molecule has 0 saturated carbocycles. The van der Waals surface area contributed by atoms with Crippen molar-refractivity contribution in [3.63, 3.8) is 0 Å². The Hall–Kier alpha value is -3.04. The molecule has 2 fully saturated rings. The summed E-state index contributed by atoms with van der Waals surface area (Å²) in [6, 6.07) is 11.2. The van der Waals surface area contributed by atoms with Crippen LogP contribution in [0.4, 0.5) is 14.7 Å². The Labute approximate surface area is 229 Å². The van der Waals surface area contributed by atoms with Gasteiger partial charge in [0.15, 0.2) is 0 Å². The molecule has 206 valence electrons. The molecule has 2 aliphatic heterocycles. The monoisotopic (exact) mass is 535 g/mol. The topological polar surface area (TPSA) is 56.7 Å². The van der Waals surface area contributed by atoms with E-state index in [0.717, 1.165) is 44.0 Å². The van der Waals surface area contributed by atoms with Gasteiger partial charge in [0.1, 0.15) is 17.4 Å². The first-order chi connectivity index (χ1) is 18.6. The largest absolute Gasteiger partial charge is 0.501 e. The molecule has 3 aromatic rings. The van der Waals surface area contributed by atoms with Crippen LogP contribution >= 0.6 is 0 Å². The molecular weight excluding hydrogens is 499 g/mol. The number of rotatable bonds is 7. The quantitative estimate of drug-likeness (QED) is 0.369. The van der Waals surface area contributed by atoms with E-state index in [2.05, 4.69) is 21.8 Å². The van der Waals surface area contributed by atoms with Gasteiger partial charge in [-0.3, -0.25) is 0 Å². The smallest absolute Gasteiger partial charge is 0.494 e. The summed E-state index contributed by atoms with van der Waals surface area (Å²) in [6.07, 6.45) is 4.53. The van der Waals surface area contributed by atoms with Gasteiger partial charge in [-0.25, -0.2) is 18.7 Å². The van der Waals surface area contributed by atoms with E-state index in [1.807, 2.05) is 40.0 Å². The summed E-state index contributed by atoms with van der Waals surface area (Å²) >= 11 is 0. The molecule has 3 heterocycles. The van der Waals surface area contributed by atoms with Crippen LogP contribution in [0.5, 0.6) is 5.75 Å². The van der Waals surface area contributed by atoms with E-state index in [-0.39, 0.29) is 11.3 Å². The van der Waals surface area contributed by atoms with Gasteiger partial charge in [0.05, 0.1) is 23.3 Å². The lowest BCUT2D eigenvalue weighted by atomic mass is 9.76. The van der Waals surface area contributed by atoms with Crippen LogP contribution in [0.15, 0.2) is 48.7 Å². The lowest BCUT2D eigenvalue weighted by molar-refractivity contribution is 0.00578. The molecule has 39 heavy (non-hydrogen) atoms. The number of anilines is 1. The zero-order valence-electron chi connectivity index (χ0n) is 23.3. The standard InChI is InChI=1S/C30H36BF2N3O3/c1-6-23-13-16-34-28(35-23)36-17-14-20(15-18-36)19-37-25-12-11-24(21-7-9-22(32)10-8-21)27(33)26(25)31-38-29(2,3)30(4,5)39-31/h7-13,16,20H,6,14-15,17-19H2,1-5H3. The number of aromatic nitrogens is 2. The van der Waals surface area contributed by atoms with Crippen molar-refractivity contribution in [2.45, 2.75) is 65.1 Å². The molecule has 0 spiro atoms. The van der Waals surface area contributed by atoms with Crippen molar-refractivity contribution in [3.8, 4) is 16.9 Å². The van der Waals surface area contributed by atoms with Gasteiger partial charge < -0.3 is 18.9 Å². The molecule has 2 aliphatic rings. The minimum atomic E-state index is -0.935. The van der Waals surface area contributed by atoms with Crippen LogP contribution in [-0.4, -0.2) is 48.0 Å². The SMILES string of the molecule is CCc1ccnc(N2CCC(COc3ccc(-c4ccc(F)cc4)c(F)c3B3OC(C)(C)C(C)(C)O3)CC2)n1. The Kier molecular flexibility index (Phi) is 7.66. The summed E-state index contributed by atoms with van der Waals surface area (Å²) < 4.78 is 48.5. The van der Waals surface area contributed by atoms with Crippen LogP contribution in [0.2, 0.25) is 0 Å². The van der Waals surface area contributed by atoms with Gasteiger partial charge in [-0.1, -0.05) is 19.1 Å². The van der Waals surface area contributed by atoms with Crippen LogP contribution in [0.25, 0.3) is 11.1 Å². The average molecular weight is 535 g/mol. The third-order valence-electron chi connectivity index (χ3n) is 8.22. The van der Waals surface area contributed by atoms with E-state index in [1.165, 1.54) is 12.1 Å². The summed E-state index contributed by atoms with van der Waals surface area (Å²) in [4.78, 5) is 11.3. The highest BCUT2D eigenvalue weighted by Gasteiger charge is 2.53. The highest BCUT2D eigenvalue weighted by atomic mass is 19.1. The second-order valence-corrected chi connectivity index (χ2v) is 11.4. The van der Waals surface area contributed by atoms with E-state index >= 15 is 4.39 Å². The average Bonchev–Trinajstić information content (AvgIpc) is 3.14. The second kappa shape index (κ2) is 10.9. The predicted molar refractivity (Wildman–Crippen MR) is 149 cm³/mol. The lowest BCUT2D eigenvalue weighted by Crippen LogP contribution is -2.41. The molecule has 5 rings (SSSR count). The van der Waals surface area contributed by atoms with Gasteiger partial charge >= 0.3 is 7.12 Å². The summed E-state index contributed by atoms with van der Waals surface area (Å²) in [5, 5.41) is 0. The molecule has 0 aliphatic carbocycles. The number of hydrogen-bond acceptors (Lipinski definition) is 6. The molecular formula is C30H36BF2N3O3. The third kappa shape index (κ3) is 5.66. The van der Waals surface area contributed by atoms with Crippen LogP contribution in [0, 0.1) is 17.6 Å². The van der Waals surface area contributed by atoms with Crippen molar-refractivity contribution in [2.75, 3.05) is 24.6 Å². The van der Waals surface area contributed by atoms with Crippen molar-refractivity contribution in [3.05, 3.63) is 66.0 Å². The summed E-state index contributed by atoms with van der Waals surface area (Å²) in [5.74, 6) is 0.622. The van der Waals surface area contributed by atoms with Crippen LogP contribution in [-0.2, 0) is 15.7 Å². The summed E-state index contributed by atoms with van der Waals surface area (Å²) in [5.41, 5.74) is 0.896. The maximum atomic E-state index is 16.2. The van der Waals surface area contributed by atoms with Crippen molar-refractivity contribution >= 4 is 18.5 Å². The van der Waals surface area contributed by atoms with Crippen LogP contribution in [0.3, 0.4) is 0 Å². The van der Waals surface area contributed by atoms with E-state index in [4.69, 9.17) is 14.0 Å². The minimum absolute atomic E-state index is 0.234. The van der Waals surface area contributed by atoms with Crippen LogP contribution < -0.4 is 15.1 Å². The molecule has 6 nitrogen and oxygen atoms in total. The maximum Gasteiger partial charge on any atom is 0.501 e. The van der Waals surface area contributed by atoms with Gasteiger partial charge in [0, 0.05) is 30.5 Å². The molecule has 2 saturated heterocycles. The first-order valence-corrected chi connectivity index (χ1v) is 13.7. The van der Waals surface area contributed by atoms with Gasteiger partial charge in [0.2, 0.25) is 5.95 Å². The van der Waals surface area contributed by atoms with E-state index in [9.17, 15) is 4.39 Å². The highest BCUT2D eigenvalue weighted by molar-refractivity contribution is 6.63. The zero-order chi connectivity index (χ0) is 27.8. The Balaban J connectivity index is 1.35. The van der Waals surface area contributed by atoms with E-state index in [1.54, 1.807) is 24.3 Å². The normalized spacial score (nSPS) is 18.9. The van der Waals surface area contributed by atoms with Crippen LogP contribution in [0.1, 0.15) is 53.2 Å². The molecule has 0 N–H and O–H groups in total. The second-order valence-electron chi connectivity index (χ2n) is 11.4. The highest BCUT2D eigenvalue weighted by Crippen LogP contribution is 2.38. The Morgan fingerprint density at radius 1 is 0.974 bits per heavy atom. The molecule has 2 aromatic carbocycles. The number of piperidine rings is 1. The van der Waals surface area contributed by atoms with Gasteiger partial charge in [-0.15, -0.1) is 0 Å². The lowest BCUT2D eigenvalue weighted by Gasteiger charge is -2.32.